The Morgan fingerprint density at radius 2 is 1.94 bits per heavy atom. The van der Waals surface area contributed by atoms with Gasteiger partial charge in [0.05, 0.1) is 25.1 Å². The van der Waals surface area contributed by atoms with Gasteiger partial charge in [-0.3, -0.25) is 0 Å². The van der Waals surface area contributed by atoms with Crippen molar-refractivity contribution in [3.63, 3.8) is 0 Å². The summed E-state index contributed by atoms with van der Waals surface area (Å²) in [5.41, 5.74) is -0.596. The van der Waals surface area contributed by atoms with E-state index in [0.29, 0.717) is 18.2 Å². The Morgan fingerprint density at radius 3 is 2.53 bits per heavy atom. The number of aliphatic hydroxyl groups is 1. The number of hydrogen-bond donors (Lipinski definition) is 2. The summed E-state index contributed by atoms with van der Waals surface area (Å²) in [4.78, 5) is 8.21. The van der Waals surface area contributed by atoms with Crippen molar-refractivity contribution in [2.45, 2.75) is 37.7 Å². The van der Waals surface area contributed by atoms with Crippen molar-refractivity contribution >= 4 is 5.95 Å². The smallest absolute Gasteiger partial charge is 0.222 e. The molecule has 1 aliphatic carbocycles. The first-order valence-corrected chi connectivity index (χ1v) is 6.04. The van der Waals surface area contributed by atoms with Crippen LogP contribution in [-0.4, -0.2) is 34.3 Å². The number of hydrogen-bond acceptors (Lipinski definition) is 5. The second-order valence-corrected chi connectivity index (χ2v) is 4.59. The van der Waals surface area contributed by atoms with Crippen LogP contribution in [0.3, 0.4) is 0 Å². The molecule has 0 amide bonds. The number of aromatic nitrogens is 2. The molecule has 5 nitrogen and oxygen atoms in total. The maximum atomic E-state index is 10.3. The van der Waals surface area contributed by atoms with Gasteiger partial charge in [-0.25, -0.2) is 9.97 Å². The van der Waals surface area contributed by atoms with E-state index in [9.17, 15) is 5.11 Å². The van der Waals surface area contributed by atoms with Gasteiger partial charge in [-0.15, -0.1) is 0 Å². The SMILES string of the molecule is COc1cnc(NCC2(O)CCCCC2)nc1. The van der Waals surface area contributed by atoms with Crippen molar-refractivity contribution in [1.82, 2.24) is 9.97 Å². The monoisotopic (exact) mass is 237 g/mol. The first-order valence-electron chi connectivity index (χ1n) is 6.04. The minimum absolute atomic E-state index is 0.513. The molecule has 0 atom stereocenters. The Kier molecular flexibility index (Phi) is 3.78. The van der Waals surface area contributed by atoms with Gasteiger partial charge in [-0.2, -0.15) is 0 Å². The summed E-state index contributed by atoms with van der Waals surface area (Å²) < 4.78 is 4.98. The Bertz CT molecular complexity index is 347. The summed E-state index contributed by atoms with van der Waals surface area (Å²) in [6.45, 7) is 0.513. The van der Waals surface area contributed by atoms with E-state index < -0.39 is 5.60 Å². The third kappa shape index (κ3) is 3.30. The molecule has 94 valence electrons. The molecule has 1 aromatic rings. The van der Waals surface area contributed by atoms with E-state index in [4.69, 9.17) is 4.74 Å². The normalized spacial score (nSPS) is 18.7. The highest BCUT2D eigenvalue weighted by Gasteiger charge is 2.28. The topological polar surface area (TPSA) is 67.3 Å². The second kappa shape index (κ2) is 5.31. The van der Waals surface area contributed by atoms with Crippen molar-refractivity contribution in [1.29, 1.82) is 0 Å². The van der Waals surface area contributed by atoms with Crippen LogP contribution in [0.15, 0.2) is 12.4 Å². The summed E-state index contributed by atoms with van der Waals surface area (Å²) in [5.74, 6) is 1.16. The van der Waals surface area contributed by atoms with Gasteiger partial charge in [0.1, 0.15) is 0 Å². The van der Waals surface area contributed by atoms with Crippen LogP contribution in [0.4, 0.5) is 5.95 Å². The molecule has 1 fully saturated rings. The standard InChI is InChI=1S/C12H19N3O2/c1-17-10-7-13-11(14-8-10)15-9-12(16)5-3-2-4-6-12/h7-8,16H,2-6,9H2,1H3,(H,13,14,15). The summed E-state index contributed by atoms with van der Waals surface area (Å²) in [7, 11) is 1.58. The number of methoxy groups -OCH3 is 1. The third-order valence-electron chi connectivity index (χ3n) is 3.22. The van der Waals surface area contributed by atoms with Crippen molar-refractivity contribution in [3.8, 4) is 5.75 Å². The van der Waals surface area contributed by atoms with E-state index >= 15 is 0 Å². The minimum atomic E-state index is -0.596. The Balaban J connectivity index is 1.87. The maximum absolute atomic E-state index is 10.3. The first kappa shape index (κ1) is 12.1. The molecular formula is C12H19N3O2. The van der Waals surface area contributed by atoms with Crippen molar-refractivity contribution in [3.05, 3.63) is 12.4 Å². The lowest BCUT2D eigenvalue weighted by Gasteiger charge is -2.32. The summed E-state index contributed by atoms with van der Waals surface area (Å²) in [6.07, 6.45) is 8.36. The van der Waals surface area contributed by atoms with E-state index in [0.717, 1.165) is 25.7 Å². The van der Waals surface area contributed by atoms with Gasteiger partial charge in [-0.1, -0.05) is 19.3 Å². The predicted octanol–water partition coefficient (Wildman–Crippen LogP) is 1.59. The van der Waals surface area contributed by atoms with Crippen molar-refractivity contribution < 1.29 is 9.84 Å². The fourth-order valence-electron chi connectivity index (χ4n) is 2.14. The highest BCUT2D eigenvalue weighted by atomic mass is 16.5. The summed E-state index contributed by atoms with van der Waals surface area (Å²) >= 11 is 0. The average Bonchev–Trinajstić information content (AvgIpc) is 2.38. The van der Waals surface area contributed by atoms with Crippen molar-refractivity contribution in [2.24, 2.45) is 0 Å². The van der Waals surface area contributed by atoms with Crippen molar-refractivity contribution in [2.75, 3.05) is 19.0 Å². The van der Waals surface area contributed by atoms with Crippen LogP contribution in [0.2, 0.25) is 0 Å². The van der Waals surface area contributed by atoms with Crippen LogP contribution in [-0.2, 0) is 0 Å². The lowest BCUT2D eigenvalue weighted by Crippen LogP contribution is -2.39. The molecule has 1 heterocycles. The zero-order valence-electron chi connectivity index (χ0n) is 10.1. The van der Waals surface area contributed by atoms with Gasteiger partial charge in [-0.05, 0) is 12.8 Å². The Morgan fingerprint density at radius 1 is 1.29 bits per heavy atom. The molecule has 0 unspecified atom stereocenters. The van der Waals surface area contributed by atoms with Gasteiger partial charge in [0.25, 0.3) is 0 Å². The van der Waals surface area contributed by atoms with Crippen LogP contribution in [0.5, 0.6) is 5.75 Å². The highest BCUT2D eigenvalue weighted by molar-refractivity contribution is 5.27. The van der Waals surface area contributed by atoms with Crippen LogP contribution >= 0.6 is 0 Å². The molecule has 0 aliphatic heterocycles. The number of rotatable bonds is 4. The van der Waals surface area contributed by atoms with Crippen LogP contribution in [0.25, 0.3) is 0 Å². The van der Waals surface area contributed by atoms with Gasteiger partial charge in [0, 0.05) is 6.54 Å². The summed E-state index contributed by atoms with van der Waals surface area (Å²) in [5, 5.41) is 13.4. The molecule has 1 aromatic heterocycles. The zero-order valence-corrected chi connectivity index (χ0v) is 10.1. The van der Waals surface area contributed by atoms with E-state index in [1.165, 1.54) is 6.42 Å². The van der Waals surface area contributed by atoms with Crippen LogP contribution in [0.1, 0.15) is 32.1 Å². The van der Waals surface area contributed by atoms with Crippen LogP contribution in [0, 0.1) is 0 Å². The minimum Gasteiger partial charge on any atom is -0.494 e. The molecule has 0 spiro atoms. The number of ether oxygens (including phenoxy) is 1. The molecule has 1 saturated carbocycles. The lowest BCUT2D eigenvalue weighted by atomic mass is 9.85. The van der Waals surface area contributed by atoms with Gasteiger partial charge >= 0.3 is 0 Å². The fraction of sp³-hybridized carbons (Fsp3) is 0.667. The number of nitrogens with zero attached hydrogens (tertiary/aromatic N) is 2. The molecule has 0 aromatic carbocycles. The highest BCUT2D eigenvalue weighted by Crippen LogP contribution is 2.27. The van der Waals surface area contributed by atoms with Gasteiger partial charge < -0.3 is 15.2 Å². The molecule has 0 bridgehead atoms. The Hall–Kier alpha value is -1.36. The Labute approximate surface area is 101 Å². The summed E-state index contributed by atoms with van der Waals surface area (Å²) in [6, 6.07) is 0. The van der Waals surface area contributed by atoms with E-state index in [1.807, 2.05) is 0 Å². The number of nitrogens with one attached hydrogen (secondary N) is 1. The van der Waals surface area contributed by atoms with E-state index in [2.05, 4.69) is 15.3 Å². The predicted molar refractivity (Wildman–Crippen MR) is 65.1 cm³/mol. The average molecular weight is 237 g/mol. The largest absolute Gasteiger partial charge is 0.494 e. The molecule has 5 heteroatoms. The molecule has 0 saturated heterocycles. The van der Waals surface area contributed by atoms with Gasteiger partial charge in [0.2, 0.25) is 5.95 Å². The third-order valence-corrected chi connectivity index (χ3v) is 3.22. The maximum Gasteiger partial charge on any atom is 0.222 e. The first-order chi connectivity index (χ1) is 8.22. The quantitative estimate of drug-likeness (QED) is 0.832. The second-order valence-electron chi connectivity index (χ2n) is 4.59. The van der Waals surface area contributed by atoms with Gasteiger partial charge in [0.15, 0.2) is 5.75 Å². The molecule has 2 rings (SSSR count). The fourth-order valence-corrected chi connectivity index (χ4v) is 2.14. The zero-order chi connectivity index (χ0) is 12.1. The molecule has 17 heavy (non-hydrogen) atoms. The van der Waals surface area contributed by atoms with Crippen LogP contribution < -0.4 is 10.1 Å². The molecule has 0 radical (unpaired) electrons. The molecular weight excluding hydrogens is 218 g/mol. The van der Waals surface area contributed by atoms with E-state index in [1.54, 1.807) is 19.5 Å². The molecule has 1 aliphatic rings. The number of anilines is 1. The lowest BCUT2D eigenvalue weighted by molar-refractivity contribution is 0.0166. The van der Waals surface area contributed by atoms with E-state index in [-0.39, 0.29) is 0 Å². The molecule has 2 N–H and O–H groups in total.